The summed E-state index contributed by atoms with van der Waals surface area (Å²) in [6.45, 7) is 4.05. The fourth-order valence-corrected chi connectivity index (χ4v) is 1.92. The van der Waals surface area contributed by atoms with Crippen molar-refractivity contribution in [3.8, 4) is 0 Å². The predicted octanol–water partition coefficient (Wildman–Crippen LogP) is 3.41. The van der Waals surface area contributed by atoms with Crippen LogP contribution in [-0.2, 0) is 5.41 Å². The molecule has 1 rings (SSSR count). The molecule has 0 aliphatic heterocycles. The number of hydrogen-bond donors (Lipinski definition) is 0. The second kappa shape index (κ2) is 4.11. The highest BCUT2D eigenvalue weighted by molar-refractivity contribution is 9.10. The van der Waals surface area contributed by atoms with Gasteiger partial charge in [0.1, 0.15) is 4.60 Å². The first-order chi connectivity index (χ1) is 5.97. The van der Waals surface area contributed by atoms with Crippen LogP contribution in [-0.4, -0.2) is 16.1 Å². The molecule has 1 aromatic rings. The van der Waals surface area contributed by atoms with Gasteiger partial charge in [-0.05, 0) is 27.6 Å². The van der Waals surface area contributed by atoms with Crippen LogP contribution in [0.2, 0.25) is 5.15 Å². The zero-order chi connectivity index (χ0) is 10.1. The summed E-state index contributed by atoms with van der Waals surface area (Å²) < 4.78 is 0.697. The largest absolute Gasteiger partial charge is 0.152 e. The molecule has 0 aliphatic carbocycles. The van der Waals surface area contributed by atoms with E-state index in [4.69, 9.17) is 23.2 Å². The lowest BCUT2D eigenvalue weighted by molar-refractivity contribution is 0.587. The zero-order valence-electron chi connectivity index (χ0n) is 7.31. The van der Waals surface area contributed by atoms with Crippen LogP contribution in [0.15, 0.2) is 10.7 Å². The molecule has 13 heavy (non-hydrogen) atoms. The van der Waals surface area contributed by atoms with E-state index in [0.717, 1.165) is 5.56 Å². The Balaban J connectivity index is 3.20. The van der Waals surface area contributed by atoms with Gasteiger partial charge in [-0.25, -0.2) is 0 Å². The summed E-state index contributed by atoms with van der Waals surface area (Å²) in [5.41, 5.74) is 0.822. The molecule has 0 aliphatic rings. The quantitative estimate of drug-likeness (QED) is 0.778. The van der Waals surface area contributed by atoms with E-state index in [-0.39, 0.29) is 5.41 Å². The molecule has 0 atom stereocenters. The van der Waals surface area contributed by atoms with E-state index in [9.17, 15) is 0 Å². The van der Waals surface area contributed by atoms with Gasteiger partial charge in [0, 0.05) is 11.3 Å². The molecule has 0 spiro atoms. The van der Waals surface area contributed by atoms with Gasteiger partial charge in [0.25, 0.3) is 0 Å². The Bertz CT molecular complexity index is 315. The summed E-state index contributed by atoms with van der Waals surface area (Å²) in [4.78, 5) is 0. The second-order valence-electron chi connectivity index (χ2n) is 3.39. The standard InChI is InChI=1S/C8H9BrCl2N2/c1-8(2,4-10)5-3-6(11)12-13-7(5)9/h3H,4H2,1-2H3. The van der Waals surface area contributed by atoms with E-state index in [1.165, 1.54) is 0 Å². The summed E-state index contributed by atoms with van der Waals surface area (Å²) in [5, 5.41) is 7.97. The summed E-state index contributed by atoms with van der Waals surface area (Å²) >= 11 is 14.9. The zero-order valence-corrected chi connectivity index (χ0v) is 10.4. The molecular formula is C8H9BrCl2N2. The molecule has 0 N–H and O–H groups in total. The second-order valence-corrected chi connectivity index (χ2v) is 4.79. The first-order valence-corrected chi connectivity index (χ1v) is 5.43. The van der Waals surface area contributed by atoms with Gasteiger partial charge >= 0.3 is 0 Å². The average Bonchev–Trinajstić information content (AvgIpc) is 2.09. The molecule has 0 amide bonds. The third-order valence-electron chi connectivity index (χ3n) is 1.78. The van der Waals surface area contributed by atoms with Crippen molar-refractivity contribution < 1.29 is 0 Å². The minimum Gasteiger partial charge on any atom is -0.142 e. The molecule has 0 fully saturated rings. The number of hydrogen-bond acceptors (Lipinski definition) is 2. The topological polar surface area (TPSA) is 25.8 Å². The minimum atomic E-state index is -0.153. The minimum absolute atomic E-state index is 0.153. The molecule has 0 bridgehead atoms. The molecule has 2 nitrogen and oxygen atoms in total. The van der Waals surface area contributed by atoms with E-state index in [2.05, 4.69) is 26.1 Å². The summed E-state index contributed by atoms with van der Waals surface area (Å²) in [6, 6.07) is 1.78. The Kier molecular flexibility index (Phi) is 3.55. The Morgan fingerprint density at radius 3 is 2.62 bits per heavy atom. The van der Waals surface area contributed by atoms with E-state index in [1.54, 1.807) is 6.07 Å². The Hall–Kier alpha value is 0.140. The molecule has 0 saturated heterocycles. The van der Waals surface area contributed by atoms with Gasteiger partial charge in [-0.3, -0.25) is 0 Å². The molecule has 1 aromatic heterocycles. The fraction of sp³-hybridized carbons (Fsp3) is 0.500. The smallest absolute Gasteiger partial charge is 0.142 e. The maximum absolute atomic E-state index is 5.84. The SMILES string of the molecule is CC(C)(CCl)c1cc(Cl)nnc1Br. The normalized spacial score (nSPS) is 11.8. The van der Waals surface area contributed by atoms with Crippen molar-refractivity contribution >= 4 is 39.1 Å². The van der Waals surface area contributed by atoms with E-state index < -0.39 is 0 Å². The van der Waals surface area contributed by atoms with Crippen molar-refractivity contribution in [1.29, 1.82) is 0 Å². The maximum atomic E-state index is 5.84. The highest BCUT2D eigenvalue weighted by atomic mass is 79.9. The molecular weight excluding hydrogens is 275 g/mol. The van der Waals surface area contributed by atoms with Gasteiger partial charge in [0.05, 0.1) is 0 Å². The fourth-order valence-electron chi connectivity index (χ4n) is 0.900. The Morgan fingerprint density at radius 2 is 2.08 bits per heavy atom. The van der Waals surface area contributed by atoms with Crippen LogP contribution in [0.25, 0.3) is 0 Å². The summed E-state index contributed by atoms with van der Waals surface area (Å²) in [7, 11) is 0. The van der Waals surface area contributed by atoms with Gasteiger partial charge in [-0.1, -0.05) is 25.4 Å². The van der Waals surface area contributed by atoms with Crippen molar-refractivity contribution in [3.05, 3.63) is 21.4 Å². The molecule has 0 radical (unpaired) electrons. The lowest BCUT2D eigenvalue weighted by atomic mass is 9.88. The van der Waals surface area contributed by atoms with E-state index >= 15 is 0 Å². The van der Waals surface area contributed by atoms with Crippen molar-refractivity contribution in [2.45, 2.75) is 19.3 Å². The van der Waals surface area contributed by atoms with E-state index in [0.29, 0.717) is 15.6 Å². The molecule has 5 heteroatoms. The molecule has 1 heterocycles. The average molecular weight is 284 g/mol. The third-order valence-corrected chi connectivity index (χ3v) is 3.22. The van der Waals surface area contributed by atoms with Crippen LogP contribution in [0.3, 0.4) is 0 Å². The van der Waals surface area contributed by atoms with Crippen LogP contribution in [0, 0.1) is 0 Å². The lowest BCUT2D eigenvalue weighted by Gasteiger charge is -2.22. The lowest BCUT2D eigenvalue weighted by Crippen LogP contribution is -2.20. The van der Waals surface area contributed by atoms with Gasteiger partial charge in [-0.15, -0.1) is 21.8 Å². The first-order valence-electron chi connectivity index (χ1n) is 3.72. The molecule has 72 valence electrons. The van der Waals surface area contributed by atoms with Gasteiger partial charge in [0.2, 0.25) is 0 Å². The molecule has 0 unspecified atom stereocenters. The van der Waals surface area contributed by atoms with Crippen molar-refractivity contribution in [1.82, 2.24) is 10.2 Å². The van der Waals surface area contributed by atoms with Gasteiger partial charge in [0.15, 0.2) is 5.15 Å². The van der Waals surface area contributed by atoms with Crippen molar-refractivity contribution in [2.24, 2.45) is 0 Å². The van der Waals surface area contributed by atoms with Crippen LogP contribution < -0.4 is 0 Å². The third kappa shape index (κ3) is 2.55. The molecule has 0 saturated carbocycles. The number of nitrogens with zero attached hydrogens (tertiary/aromatic N) is 2. The van der Waals surface area contributed by atoms with Crippen LogP contribution in [0.4, 0.5) is 0 Å². The summed E-state index contributed by atoms with van der Waals surface area (Å²) in [6.07, 6.45) is 0. The Labute approximate surface area is 95.8 Å². The van der Waals surface area contributed by atoms with Crippen LogP contribution >= 0.6 is 39.1 Å². The monoisotopic (exact) mass is 282 g/mol. The van der Waals surface area contributed by atoms with Crippen molar-refractivity contribution in [2.75, 3.05) is 5.88 Å². The van der Waals surface area contributed by atoms with Gasteiger partial charge in [-0.2, -0.15) is 0 Å². The van der Waals surface area contributed by atoms with Gasteiger partial charge < -0.3 is 0 Å². The number of alkyl halides is 1. The van der Waals surface area contributed by atoms with Crippen LogP contribution in [0.1, 0.15) is 19.4 Å². The highest BCUT2D eigenvalue weighted by Crippen LogP contribution is 2.30. The van der Waals surface area contributed by atoms with Crippen molar-refractivity contribution in [3.63, 3.8) is 0 Å². The van der Waals surface area contributed by atoms with Crippen LogP contribution in [0.5, 0.6) is 0 Å². The Morgan fingerprint density at radius 1 is 1.46 bits per heavy atom. The summed E-state index contributed by atoms with van der Waals surface area (Å²) in [5.74, 6) is 0.508. The number of aromatic nitrogens is 2. The first kappa shape index (κ1) is 11.2. The molecule has 0 aromatic carbocycles. The highest BCUT2D eigenvalue weighted by Gasteiger charge is 2.23. The van der Waals surface area contributed by atoms with E-state index in [1.807, 2.05) is 13.8 Å². The maximum Gasteiger partial charge on any atom is 0.152 e. The predicted molar refractivity (Wildman–Crippen MR) is 58.5 cm³/mol. The number of halogens is 3. The number of rotatable bonds is 2.